The summed E-state index contributed by atoms with van der Waals surface area (Å²) in [5.74, 6) is -1.97. The van der Waals surface area contributed by atoms with Gasteiger partial charge in [-0.1, -0.05) is 40.6 Å². The lowest BCUT2D eigenvalue weighted by molar-refractivity contribution is 0.0696. The molecule has 0 fully saturated rings. The lowest BCUT2D eigenvalue weighted by Crippen LogP contribution is -2.10. The molecule has 10 heteroatoms. The van der Waals surface area contributed by atoms with Crippen LogP contribution in [0.3, 0.4) is 0 Å². The Morgan fingerprint density at radius 2 is 1.93 bits per heavy atom. The van der Waals surface area contributed by atoms with Crippen molar-refractivity contribution in [2.24, 2.45) is 5.10 Å². The van der Waals surface area contributed by atoms with Crippen LogP contribution in [0.2, 0.25) is 10.0 Å². The Kier molecular flexibility index (Phi) is 5.93. The normalized spacial score (nSPS) is 11.2. The third-order valence-corrected chi connectivity index (χ3v) is 5.21. The van der Waals surface area contributed by atoms with Crippen molar-refractivity contribution in [2.45, 2.75) is 0 Å². The minimum atomic E-state index is -1.29. The molecule has 1 N–H and O–H groups in total. The number of carbonyl (C=O) groups is 1. The summed E-state index contributed by atoms with van der Waals surface area (Å²) in [6.45, 7) is 0. The molecule has 0 aliphatic heterocycles. The highest BCUT2D eigenvalue weighted by molar-refractivity contribution is 7.14. The van der Waals surface area contributed by atoms with E-state index in [9.17, 15) is 13.6 Å². The van der Waals surface area contributed by atoms with Crippen molar-refractivity contribution in [1.82, 2.24) is 4.98 Å². The number of hydrogen-bond acceptors (Lipinski definition) is 5. The first-order valence-corrected chi connectivity index (χ1v) is 9.26. The number of carboxylic acid groups (broad SMARTS) is 1. The zero-order valence-electron chi connectivity index (χ0n) is 14.2. The van der Waals surface area contributed by atoms with E-state index in [2.05, 4.69) is 10.1 Å². The van der Waals surface area contributed by atoms with Gasteiger partial charge in [-0.25, -0.2) is 19.2 Å². The standard InChI is InChI=1S/C18H11Cl2F2N3O2S/c1-25(23-8-9-5-6-10(21)7-11(9)17(26)27)18-24-15(16(22)28-18)14-12(19)3-2-4-13(14)20/h2-8H,1H3,(H,26,27)/b23-8+. The predicted octanol–water partition coefficient (Wildman–Crippen LogP) is 5.56. The predicted molar refractivity (Wildman–Crippen MR) is 107 cm³/mol. The first-order chi connectivity index (χ1) is 13.3. The van der Waals surface area contributed by atoms with Gasteiger partial charge < -0.3 is 5.11 Å². The maximum absolute atomic E-state index is 14.4. The highest BCUT2D eigenvalue weighted by Crippen LogP contribution is 2.39. The van der Waals surface area contributed by atoms with Crippen molar-refractivity contribution in [3.05, 3.63) is 68.5 Å². The van der Waals surface area contributed by atoms with Gasteiger partial charge >= 0.3 is 5.97 Å². The largest absolute Gasteiger partial charge is 0.478 e. The van der Waals surface area contributed by atoms with Gasteiger partial charge in [-0.3, -0.25) is 0 Å². The van der Waals surface area contributed by atoms with Crippen LogP contribution in [0.5, 0.6) is 0 Å². The van der Waals surface area contributed by atoms with Crippen LogP contribution in [0.4, 0.5) is 13.9 Å². The maximum Gasteiger partial charge on any atom is 0.336 e. The van der Waals surface area contributed by atoms with E-state index in [0.717, 1.165) is 23.5 Å². The van der Waals surface area contributed by atoms with Crippen molar-refractivity contribution in [3.63, 3.8) is 0 Å². The molecule has 0 aliphatic rings. The minimum Gasteiger partial charge on any atom is -0.478 e. The summed E-state index contributed by atoms with van der Waals surface area (Å²) in [5, 5.41) is 14.6. The number of rotatable bonds is 5. The summed E-state index contributed by atoms with van der Waals surface area (Å²) >= 11 is 12.9. The second-order valence-corrected chi connectivity index (χ2v) is 7.26. The molecule has 144 valence electrons. The second kappa shape index (κ2) is 8.22. The van der Waals surface area contributed by atoms with Crippen LogP contribution in [-0.2, 0) is 0 Å². The highest BCUT2D eigenvalue weighted by atomic mass is 35.5. The molecule has 5 nitrogen and oxygen atoms in total. The van der Waals surface area contributed by atoms with Crippen LogP contribution >= 0.6 is 34.5 Å². The van der Waals surface area contributed by atoms with Crippen LogP contribution in [0.15, 0.2) is 41.5 Å². The molecule has 0 atom stereocenters. The molecule has 0 unspecified atom stereocenters. The number of hydrogen-bond donors (Lipinski definition) is 1. The van der Waals surface area contributed by atoms with Gasteiger partial charge in [-0.2, -0.15) is 9.49 Å². The Hall–Kier alpha value is -2.55. The van der Waals surface area contributed by atoms with Crippen molar-refractivity contribution < 1.29 is 18.7 Å². The Bertz CT molecular complexity index is 1070. The second-order valence-electron chi connectivity index (χ2n) is 5.52. The number of aromatic nitrogens is 1. The van der Waals surface area contributed by atoms with Gasteiger partial charge in [0.15, 0.2) is 0 Å². The average Bonchev–Trinajstić information content (AvgIpc) is 3.02. The molecule has 0 saturated carbocycles. The van der Waals surface area contributed by atoms with E-state index in [-0.39, 0.29) is 37.6 Å². The van der Waals surface area contributed by atoms with E-state index >= 15 is 0 Å². The first kappa shape index (κ1) is 20.2. The molecule has 0 aliphatic carbocycles. The molecule has 1 aromatic heterocycles. The lowest BCUT2D eigenvalue weighted by Gasteiger charge is -2.08. The number of benzene rings is 2. The number of anilines is 1. The summed E-state index contributed by atoms with van der Waals surface area (Å²) in [6, 6.07) is 8.08. The van der Waals surface area contributed by atoms with Crippen LogP contribution in [0, 0.1) is 10.9 Å². The van der Waals surface area contributed by atoms with E-state index in [4.69, 9.17) is 28.3 Å². The minimum absolute atomic E-state index is 0.00865. The number of aromatic carboxylic acids is 1. The molecule has 0 bridgehead atoms. The maximum atomic E-state index is 14.4. The van der Waals surface area contributed by atoms with Crippen LogP contribution < -0.4 is 5.01 Å². The summed E-state index contributed by atoms with van der Waals surface area (Å²) in [7, 11) is 1.51. The van der Waals surface area contributed by atoms with Crippen molar-refractivity contribution in [3.8, 4) is 11.3 Å². The first-order valence-electron chi connectivity index (χ1n) is 7.69. The Morgan fingerprint density at radius 3 is 2.57 bits per heavy atom. The van der Waals surface area contributed by atoms with E-state index in [0.29, 0.717) is 0 Å². The molecule has 0 saturated heterocycles. The summed E-state index contributed by atoms with van der Waals surface area (Å²) in [4.78, 5) is 15.4. The van der Waals surface area contributed by atoms with Gasteiger partial charge in [0.25, 0.3) is 0 Å². The van der Waals surface area contributed by atoms with E-state index < -0.39 is 16.9 Å². The SMILES string of the molecule is CN(/N=C/c1ccc(F)cc1C(=O)O)c1nc(-c2c(Cl)cccc2Cl)c(F)s1. The molecule has 1 heterocycles. The highest BCUT2D eigenvalue weighted by Gasteiger charge is 2.20. The van der Waals surface area contributed by atoms with E-state index in [1.165, 1.54) is 24.3 Å². The molecular weight excluding hydrogens is 431 g/mol. The molecule has 0 amide bonds. The fourth-order valence-electron chi connectivity index (χ4n) is 2.33. The molecule has 3 aromatic rings. The van der Waals surface area contributed by atoms with Gasteiger partial charge in [0.1, 0.15) is 11.5 Å². The van der Waals surface area contributed by atoms with E-state index in [1.807, 2.05) is 0 Å². The fourth-order valence-corrected chi connectivity index (χ4v) is 3.63. The van der Waals surface area contributed by atoms with Crippen LogP contribution in [0.25, 0.3) is 11.3 Å². The number of thiazole rings is 1. The zero-order valence-corrected chi connectivity index (χ0v) is 16.5. The van der Waals surface area contributed by atoms with Crippen molar-refractivity contribution in [1.29, 1.82) is 0 Å². The van der Waals surface area contributed by atoms with Crippen LogP contribution in [0.1, 0.15) is 15.9 Å². The van der Waals surface area contributed by atoms with E-state index in [1.54, 1.807) is 18.2 Å². The quantitative estimate of drug-likeness (QED) is 0.415. The van der Waals surface area contributed by atoms with Gasteiger partial charge in [0.05, 0.1) is 21.8 Å². The Morgan fingerprint density at radius 1 is 1.25 bits per heavy atom. The Balaban J connectivity index is 1.92. The summed E-state index contributed by atoms with van der Waals surface area (Å²) < 4.78 is 27.7. The third kappa shape index (κ3) is 4.14. The fraction of sp³-hybridized carbons (Fsp3) is 0.0556. The van der Waals surface area contributed by atoms with Gasteiger partial charge in [-0.15, -0.1) is 0 Å². The molecule has 3 rings (SSSR count). The van der Waals surface area contributed by atoms with Gasteiger partial charge in [0, 0.05) is 18.2 Å². The Labute approximate surface area is 172 Å². The molecular formula is C18H11Cl2F2N3O2S. The smallest absolute Gasteiger partial charge is 0.336 e. The summed E-state index contributed by atoms with van der Waals surface area (Å²) in [5.41, 5.74) is 0.207. The lowest BCUT2D eigenvalue weighted by atomic mass is 10.1. The average molecular weight is 442 g/mol. The van der Waals surface area contributed by atoms with Gasteiger partial charge in [0.2, 0.25) is 10.3 Å². The van der Waals surface area contributed by atoms with Crippen molar-refractivity contribution >= 4 is 51.9 Å². The van der Waals surface area contributed by atoms with Crippen LogP contribution in [-0.4, -0.2) is 29.3 Å². The van der Waals surface area contributed by atoms with Gasteiger partial charge in [-0.05, 0) is 30.3 Å². The summed E-state index contributed by atoms with van der Waals surface area (Å²) in [6.07, 6.45) is 1.23. The monoisotopic (exact) mass is 441 g/mol. The molecule has 0 radical (unpaired) electrons. The zero-order chi connectivity index (χ0) is 20.4. The molecule has 0 spiro atoms. The third-order valence-electron chi connectivity index (χ3n) is 3.67. The number of carboxylic acids is 1. The molecule has 2 aromatic carbocycles. The number of hydrazone groups is 1. The molecule has 28 heavy (non-hydrogen) atoms. The topological polar surface area (TPSA) is 65.8 Å². The number of halogens is 4. The van der Waals surface area contributed by atoms with Crippen molar-refractivity contribution in [2.75, 3.05) is 12.1 Å². The number of nitrogens with zero attached hydrogens (tertiary/aromatic N) is 3.